The molecule has 4 amide bonds. The fraction of sp³-hybridized carbons (Fsp3) is 0.273. The first kappa shape index (κ1) is 21.0. The van der Waals surface area contributed by atoms with Crippen LogP contribution in [0.5, 0.6) is 0 Å². The van der Waals surface area contributed by atoms with Crippen LogP contribution in [0.4, 0.5) is 16.2 Å². The van der Waals surface area contributed by atoms with Crippen molar-refractivity contribution >= 4 is 35.2 Å². The highest BCUT2D eigenvalue weighted by atomic mass is 16.5. The highest BCUT2D eigenvalue weighted by Crippen LogP contribution is 2.21. The van der Waals surface area contributed by atoms with Crippen molar-refractivity contribution in [3.8, 4) is 0 Å². The van der Waals surface area contributed by atoms with Gasteiger partial charge in [-0.05, 0) is 67.8 Å². The number of aryl methyl sites for hydroxylation is 2. The Hall–Kier alpha value is -3.68. The summed E-state index contributed by atoms with van der Waals surface area (Å²) >= 11 is 0. The van der Waals surface area contributed by atoms with Crippen LogP contribution < -0.4 is 15.5 Å². The average molecular weight is 409 g/mol. The number of hydrogen-bond donors (Lipinski definition) is 2. The summed E-state index contributed by atoms with van der Waals surface area (Å²) in [6.07, 6.45) is 1.34. The highest BCUT2D eigenvalue weighted by Gasteiger charge is 2.22. The Morgan fingerprint density at radius 2 is 1.77 bits per heavy atom. The minimum absolute atomic E-state index is 0.0565. The van der Waals surface area contributed by atoms with Gasteiger partial charge in [0.25, 0.3) is 5.91 Å². The third-order valence-corrected chi connectivity index (χ3v) is 4.84. The molecule has 0 bridgehead atoms. The van der Waals surface area contributed by atoms with Crippen LogP contribution in [0.15, 0.2) is 42.5 Å². The van der Waals surface area contributed by atoms with Crippen molar-refractivity contribution in [1.29, 1.82) is 0 Å². The number of benzene rings is 2. The molecule has 8 heteroatoms. The van der Waals surface area contributed by atoms with Crippen molar-refractivity contribution in [2.75, 3.05) is 23.4 Å². The van der Waals surface area contributed by atoms with Crippen LogP contribution in [-0.2, 0) is 14.3 Å². The maximum Gasteiger partial charge on any atom is 0.338 e. The van der Waals surface area contributed by atoms with E-state index in [1.165, 1.54) is 12.1 Å². The van der Waals surface area contributed by atoms with Gasteiger partial charge in [-0.25, -0.2) is 9.59 Å². The maximum atomic E-state index is 12.1. The normalized spacial score (nSPS) is 13.1. The van der Waals surface area contributed by atoms with Gasteiger partial charge >= 0.3 is 12.0 Å². The summed E-state index contributed by atoms with van der Waals surface area (Å²) in [7, 11) is 0. The lowest BCUT2D eigenvalue weighted by Crippen LogP contribution is -2.37. The fourth-order valence-electron chi connectivity index (χ4n) is 3.06. The molecule has 2 aromatic carbocycles. The van der Waals surface area contributed by atoms with Crippen molar-refractivity contribution in [3.63, 3.8) is 0 Å². The van der Waals surface area contributed by atoms with E-state index in [0.717, 1.165) is 23.2 Å². The van der Waals surface area contributed by atoms with Crippen molar-refractivity contribution in [3.05, 3.63) is 59.2 Å². The topological polar surface area (TPSA) is 105 Å². The predicted octanol–water partition coefficient (Wildman–Crippen LogP) is 2.94. The number of anilines is 2. The number of nitrogens with one attached hydrogen (secondary N) is 2. The van der Waals surface area contributed by atoms with Crippen LogP contribution in [0.2, 0.25) is 0 Å². The highest BCUT2D eigenvalue weighted by molar-refractivity contribution is 6.02. The summed E-state index contributed by atoms with van der Waals surface area (Å²) < 4.78 is 4.95. The van der Waals surface area contributed by atoms with Crippen LogP contribution in [0.3, 0.4) is 0 Å². The minimum Gasteiger partial charge on any atom is -0.452 e. The Bertz CT molecular complexity index is 985. The van der Waals surface area contributed by atoms with Crippen molar-refractivity contribution in [1.82, 2.24) is 5.32 Å². The Kier molecular flexibility index (Phi) is 6.46. The van der Waals surface area contributed by atoms with Gasteiger partial charge in [0.1, 0.15) is 0 Å². The van der Waals surface area contributed by atoms with Crippen LogP contribution in [0.25, 0.3) is 0 Å². The van der Waals surface area contributed by atoms with E-state index >= 15 is 0 Å². The molecule has 30 heavy (non-hydrogen) atoms. The molecule has 2 aromatic rings. The van der Waals surface area contributed by atoms with E-state index in [4.69, 9.17) is 4.74 Å². The second-order valence-corrected chi connectivity index (χ2v) is 7.07. The van der Waals surface area contributed by atoms with Crippen molar-refractivity contribution in [2.45, 2.75) is 26.7 Å². The van der Waals surface area contributed by atoms with E-state index in [0.29, 0.717) is 18.7 Å². The molecule has 0 aliphatic carbocycles. The minimum atomic E-state index is -0.746. The van der Waals surface area contributed by atoms with Crippen LogP contribution in [-0.4, -0.2) is 37.0 Å². The van der Waals surface area contributed by atoms with Gasteiger partial charge in [-0.3, -0.25) is 14.9 Å². The van der Waals surface area contributed by atoms with Gasteiger partial charge in [-0.1, -0.05) is 6.07 Å². The second-order valence-electron chi connectivity index (χ2n) is 7.07. The number of rotatable bonds is 5. The van der Waals surface area contributed by atoms with Crippen LogP contribution in [0, 0.1) is 13.8 Å². The standard InChI is InChI=1S/C22H23N3O5/c1-14-5-8-17(12-15(14)2)23-22(29)24-19(26)13-30-21(28)16-6-9-18(10-7-16)25-11-3-4-20(25)27/h5-10,12H,3-4,11,13H2,1-2H3,(H2,23,24,26,29). The first-order chi connectivity index (χ1) is 14.3. The number of ether oxygens (including phenoxy) is 1. The molecular weight excluding hydrogens is 386 g/mol. The Morgan fingerprint density at radius 1 is 1.03 bits per heavy atom. The summed E-state index contributed by atoms with van der Waals surface area (Å²) in [6.45, 7) is 3.94. The molecule has 0 radical (unpaired) electrons. The van der Waals surface area contributed by atoms with Gasteiger partial charge in [0, 0.05) is 24.3 Å². The quantitative estimate of drug-likeness (QED) is 0.739. The Labute approximate surface area is 174 Å². The van der Waals surface area contributed by atoms with Gasteiger partial charge in [-0.2, -0.15) is 0 Å². The molecular formula is C22H23N3O5. The molecule has 1 fully saturated rings. The number of nitrogens with zero attached hydrogens (tertiary/aromatic N) is 1. The predicted molar refractivity (Wildman–Crippen MR) is 111 cm³/mol. The average Bonchev–Trinajstić information content (AvgIpc) is 3.15. The van der Waals surface area contributed by atoms with E-state index in [2.05, 4.69) is 10.6 Å². The molecule has 156 valence electrons. The lowest BCUT2D eigenvalue weighted by Gasteiger charge is -2.15. The number of carbonyl (C=O) groups excluding carboxylic acids is 4. The Balaban J connectivity index is 1.46. The lowest BCUT2D eigenvalue weighted by atomic mass is 10.1. The van der Waals surface area contributed by atoms with Crippen molar-refractivity contribution < 1.29 is 23.9 Å². The van der Waals surface area contributed by atoms with Gasteiger partial charge in [0.15, 0.2) is 6.61 Å². The summed E-state index contributed by atoms with van der Waals surface area (Å²) in [5.74, 6) is -1.39. The number of urea groups is 1. The lowest BCUT2D eigenvalue weighted by molar-refractivity contribution is -0.123. The molecule has 2 N–H and O–H groups in total. The molecule has 1 saturated heterocycles. The number of amides is 4. The maximum absolute atomic E-state index is 12.1. The molecule has 1 aliphatic rings. The third-order valence-electron chi connectivity index (χ3n) is 4.84. The van der Waals surface area contributed by atoms with Crippen molar-refractivity contribution in [2.24, 2.45) is 0 Å². The SMILES string of the molecule is Cc1ccc(NC(=O)NC(=O)COC(=O)c2ccc(N3CCCC3=O)cc2)cc1C. The Morgan fingerprint density at radius 3 is 2.40 bits per heavy atom. The largest absolute Gasteiger partial charge is 0.452 e. The molecule has 0 unspecified atom stereocenters. The van der Waals surface area contributed by atoms with E-state index in [1.54, 1.807) is 29.2 Å². The number of carbonyl (C=O) groups is 4. The third kappa shape index (κ3) is 5.22. The van der Waals surface area contributed by atoms with Gasteiger partial charge < -0.3 is 15.0 Å². The van der Waals surface area contributed by atoms with Gasteiger partial charge in [-0.15, -0.1) is 0 Å². The summed E-state index contributed by atoms with van der Waals surface area (Å²) in [5.41, 5.74) is 3.61. The molecule has 0 aromatic heterocycles. The first-order valence-electron chi connectivity index (χ1n) is 9.59. The van der Waals surface area contributed by atoms with Crippen LogP contribution >= 0.6 is 0 Å². The number of esters is 1. The fourth-order valence-corrected chi connectivity index (χ4v) is 3.06. The first-order valence-corrected chi connectivity index (χ1v) is 9.59. The van der Waals surface area contributed by atoms with Crippen LogP contribution in [0.1, 0.15) is 34.3 Å². The zero-order valence-corrected chi connectivity index (χ0v) is 16.9. The smallest absolute Gasteiger partial charge is 0.338 e. The van der Waals surface area contributed by atoms with E-state index in [-0.39, 0.29) is 11.5 Å². The molecule has 8 nitrogen and oxygen atoms in total. The van der Waals surface area contributed by atoms with E-state index in [1.807, 2.05) is 19.9 Å². The van der Waals surface area contributed by atoms with Gasteiger partial charge in [0.05, 0.1) is 5.56 Å². The van der Waals surface area contributed by atoms with E-state index < -0.39 is 24.5 Å². The molecule has 0 atom stereocenters. The zero-order valence-electron chi connectivity index (χ0n) is 16.9. The van der Waals surface area contributed by atoms with E-state index in [9.17, 15) is 19.2 Å². The molecule has 1 heterocycles. The molecule has 0 saturated carbocycles. The van der Waals surface area contributed by atoms with Gasteiger partial charge in [0.2, 0.25) is 5.91 Å². The zero-order chi connectivity index (χ0) is 21.7. The number of imide groups is 1. The summed E-state index contributed by atoms with van der Waals surface area (Å²) in [4.78, 5) is 49.3. The molecule has 1 aliphatic heterocycles. The molecule has 3 rings (SSSR count). The second kappa shape index (κ2) is 9.21. The summed E-state index contributed by atoms with van der Waals surface area (Å²) in [5, 5.41) is 4.66. The monoisotopic (exact) mass is 409 g/mol. The number of hydrogen-bond acceptors (Lipinski definition) is 5. The summed E-state index contributed by atoms with van der Waals surface area (Å²) in [6, 6.07) is 11.1. The molecule has 0 spiro atoms.